The number of fused-ring (bicyclic) bond motifs is 1. The molecular formula is C18H25N3O9. The first kappa shape index (κ1) is 26.5. The van der Waals surface area contributed by atoms with Gasteiger partial charge in [-0.2, -0.15) is 0 Å². The monoisotopic (exact) mass is 427 g/mol. The molecule has 0 aliphatic carbocycles. The van der Waals surface area contributed by atoms with E-state index in [9.17, 15) is 0 Å². The molecule has 30 heavy (non-hydrogen) atoms. The van der Waals surface area contributed by atoms with E-state index in [0.29, 0.717) is 6.73 Å². The molecule has 4 N–H and O–H groups in total. The van der Waals surface area contributed by atoms with E-state index in [0.717, 1.165) is 37.3 Å². The highest BCUT2D eigenvalue weighted by Gasteiger charge is 2.05. The van der Waals surface area contributed by atoms with Gasteiger partial charge in [0.05, 0.1) is 24.0 Å². The van der Waals surface area contributed by atoms with E-state index < -0.39 is 23.9 Å². The highest BCUT2D eigenvalue weighted by atomic mass is 16.5. The van der Waals surface area contributed by atoms with Crippen molar-refractivity contribution in [3.8, 4) is 0 Å². The van der Waals surface area contributed by atoms with Gasteiger partial charge in [-0.1, -0.05) is 26.0 Å². The van der Waals surface area contributed by atoms with Crippen LogP contribution in [0.1, 0.15) is 13.8 Å². The molecule has 12 nitrogen and oxygen atoms in total. The van der Waals surface area contributed by atoms with Crippen molar-refractivity contribution in [3.05, 3.63) is 30.6 Å². The van der Waals surface area contributed by atoms with Gasteiger partial charge in [0.1, 0.15) is 6.73 Å². The third-order valence-electron chi connectivity index (χ3n) is 3.57. The zero-order chi connectivity index (χ0) is 23.1. The Bertz CT molecular complexity index is 783. The Kier molecular flexibility index (Phi) is 12.8. The Labute approximate surface area is 171 Å². The van der Waals surface area contributed by atoms with Crippen molar-refractivity contribution in [1.29, 1.82) is 0 Å². The van der Waals surface area contributed by atoms with Crippen molar-refractivity contribution in [2.45, 2.75) is 20.6 Å². The summed E-state index contributed by atoms with van der Waals surface area (Å²) in [4.78, 5) is 43.1. The van der Waals surface area contributed by atoms with Crippen LogP contribution in [0.3, 0.4) is 0 Å². The van der Waals surface area contributed by atoms with Gasteiger partial charge in [-0.25, -0.2) is 24.2 Å². The molecule has 0 bridgehead atoms. The number of carboxylic acids is 4. The molecule has 1 aromatic heterocycles. The van der Waals surface area contributed by atoms with Gasteiger partial charge in [0.2, 0.25) is 0 Å². The fourth-order valence-electron chi connectivity index (χ4n) is 2.01. The van der Waals surface area contributed by atoms with Gasteiger partial charge in [-0.05, 0) is 25.2 Å². The van der Waals surface area contributed by atoms with Crippen LogP contribution in [0.2, 0.25) is 0 Å². The Morgan fingerprint density at radius 3 is 1.90 bits per heavy atom. The number of rotatable bonds is 7. The van der Waals surface area contributed by atoms with Gasteiger partial charge in [-0.15, -0.1) is 0 Å². The molecule has 0 saturated carbocycles. The third kappa shape index (κ3) is 10.7. The quantitative estimate of drug-likeness (QED) is 0.360. The largest absolute Gasteiger partial charge is 0.473 e. The number of para-hydroxylation sites is 2. The average Bonchev–Trinajstić information content (AvgIpc) is 3.12. The number of benzene rings is 1. The second-order valence-electron chi connectivity index (χ2n) is 5.49. The number of imidazole rings is 1. The maximum Gasteiger partial charge on any atom is 0.414 e. The van der Waals surface area contributed by atoms with Crippen molar-refractivity contribution in [1.82, 2.24) is 14.5 Å². The predicted molar refractivity (Wildman–Crippen MR) is 104 cm³/mol. The number of ether oxygens (including phenoxy) is 1. The first-order valence-electron chi connectivity index (χ1n) is 8.76. The number of carbonyl (C=O) groups is 4. The minimum Gasteiger partial charge on any atom is -0.473 e. The summed E-state index contributed by atoms with van der Waals surface area (Å²) in [6, 6.07) is 8.11. The van der Waals surface area contributed by atoms with Crippen LogP contribution in [0, 0.1) is 0 Å². The normalized spacial score (nSPS) is 9.83. The van der Waals surface area contributed by atoms with Crippen LogP contribution in [-0.2, 0) is 30.6 Å². The maximum absolute atomic E-state index is 9.10. The summed E-state index contributed by atoms with van der Waals surface area (Å²) in [5.41, 5.74) is 2.14. The first-order chi connectivity index (χ1) is 14.1. The molecule has 0 aliphatic heterocycles. The number of likely N-dealkylation sites (N-methyl/N-ethyl adjacent to an activating group) is 1. The molecule has 0 radical (unpaired) electrons. The second kappa shape index (κ2) is 14.5. The minimum absolute atomic E-state index is 0.571. The van der Waals surface area contributed by atoms with Gasteiger partial charge in [0.15, 0.2) is 0 Å². The number of carboxylic acid groups (broad SMARTS) is 4. The van der Waals surface area contributed by atoms with Gasteiger partial charge in [0.25, 0.3) is 0 Å². The standard InChI is InChI=1S/C14H21N3O.2C2H2O4/c1-3-16(4-2)9-10-18-12-17-11-15-13-7-5-6-8-14(13)17;2*3-1(4)2(5)6/h5-8,11H,3-4,9-10,12H2,1-2H3;2*(H,3,4)(H,5,6). The molecular weight excluding hydrogens is 402 g/mol. The molecule has 0 amide bonds. The molecule has 1 heterocycles. The van der Waals surface area contributed by atoms with Crippen LogP contribution in [-0.4, -0.2) is 85.0 Å². The van der Waals surface area contributed by atoms with Crippen molar-refractivity contribution < 1.29 is 44.3 Å². The van der Waals surface area contributed by atoms with Crippen molar-refractivity contribution in [2.24, 2.45) is 0 Å². The molecule has 12 heteroatoms. The summed E-state index contributed by atoms with van der Waals surface area (Å²) in [6.07, 6.45) is 1.84. The molecule has 0 saturated heterocycles. The first-order valence-corrected chi connectivity index (χ1v) is 8.76. The van der Waals surface area contributed by atoms with Gasteiger partial charge in [0, 0.05) is 6.54 Å². The van der Waals surface area contributed by atoms with E-state index >= 15 is 0 Å². The van der Waals surface area contributed by atoms with E-state index in [1.807, 2.05) is 29.1 Å². The van der Waals surface area contributed by atoms with Crippen LogP contribution in [0.15, 0.2) is 30.6 Å². The number of hydrogen-bond acceptors (Lipinski definition) is 7. The zero-order valence-electron chi connectivity index (χ0n) is 16.6. The Hall–Kier alpha value is -3.51. The van der Waals surface area contributed by atoms with Crippen molar-refractivity contribution in [2.75, 3.05) is 26.2 Å². The van der Waals surface area contributed by atoms with E-state index in [2.05, 4.69) is 29.8 Å². The van der Waals surface area contributed by atoms with E-state index in [-0.39, 0.29) is 0 Å². The van der Waals surface area contributed by atoms with E-state index in [4.69, 9.17) is 44.3 Å². The molecule has 0 spiro atoms. The highest BCUT2D eigenvalue weighted by molar-refractivity contribution is 6.27. The van der Waals surface area contributed by atoms with Crippen molar-refractivity contribution >= 4 is 34.9 Å². The summed E-state index contributed by atoms with van der Waals surface area (Å²) in [7, 11) is 0. The number of aromatic nitrogens is 2. The van der Waals surface area contributed by atoms with E-state index in [1.54, 1.807) is 0 Å². The summed E-state index contributed by atoms with van der Waals surface area (Å²) in [6.45, 7) is 8.82. The Balaban J connectivity index is 0.000000580. The average molecular weight is 427 g/mol. The fraction of sp³-hybridized carbons (Fsp3) is 0.389. The summed E-state index contributed by atoms with van der Waals surface area (Å²) in [5.74, 6) is -7.30. The SMILES string of the molecule is CCN(CC)CCOCn1cnc2ccccc21.O=C(O)C(=O)O.O=C(O)C(=O)O. The van der Waals surface area contributed by atoms with Gasteiger partial charge in [-0.3, -0.25) is 0 Å². The Morgan fingerprint density at radius 1 is 0.933 bits per heavy atom. The summed E-state index contributed by atoms with van der Waals surface area (Å²) >= 11 is 0. The van der Waals surface area contributed by atoms with E-state index in [1.165, 1.54) is 0 Å². The maximum atomic E-state index is 9.10. The Morgan fingerprint density at radius 2 is 1.43 bits per heavy atom. The molecule has 0 aliphatic rings. The number of hydrogen-bond donors (Lipinski definition) is 4. The molecule has 0 fully saturated rings. The van der Waals surface area contributed by atoms with Crippen LogP contribution < -0.4 is 0 Å². The lowest BCUT2D eigenvalue weighted by atomic mass is 10.3. The summed E-state index contributed by atoms with van der Waals surface area (Å²) < 4.78 is 7.74. The van der Waals surface area contributed by atoms with Gasteiger partial charge < -0.3 is 34.6 Å². The number of aliphatic carboxylic acids is 4. The molecule has 2 rings (SSSR count). The van der Waals surface area contributed by atoms with Crippen LogP contribution in [0.4, 0.5) is 0 Å². The lowest BCUT2D eigenvalue weighted by Crippen LogP contribution is -2.27. The van der Waals surface area contributed by atoms with Crippen LogP contribution in [0.5, 0.6) is 0 Å². The topological polar surface area (TPSA) is 179 Å². The van der Waals surface area contributed by atoms with Crippen molar-refractivity contribution in [3.63, 3.8) is 0 Å². The summed E-state index contributed by atoms with van der Waals surface area (Å²) in [5, 5.41) is 29.6. The smallest absolute Gasteiger partial charge is 0.414 e. The number of nitrogens with zero attached hydrogens (tertiary/aromatic N) is 3. The predicted octanol–water partition coefficient (Wildman–Crippen LogP) is 0.663. The molecule has 0 atom stereocenters. The van der Waals surface area contributed by atoms with Crippen LogP contribution >= 0.6 is 0 Å². The lowest BCUT2D eigenvalue weighted by molar-refractivity contribution is -0.159. The minimum atomic E-state index is -1.82. The third-order valence-corrected chi connectivity index (χ3v) is 3.57. The second-order valence-corrected chi connectivity index (χ2v) is 5.49. The van der Waals surface area contributed by atoms with Gasteiger partial charge >= 0.3 is 23.9 Å². The fourth-order valence-corrected chi connectivity index (χ4v) is 2.01. The highest BCUT2D eigenvalue weighted by Crippen LogP contribution is 2.11. The lowest BCUT2D eigenvalue weighted by Gasteiger charge is -2.17. The molecule has 166 valence electrons. The molecule has 2 aromatic rings. The van der Waals surface area contributed by atoms with Crippen LogP contribution in [0.25, 0.3) is 11.0 Å². The zero-order valence-corrected chi connectivity index (χ0v) is 16.6. The molecule has 1 aromatic carbocycles. The molecule has 0 unspecified atom stereocenters.